The highest BCUT2D eigenvalue weighted by atomic mass is 32.2. The first-order chi connectivity index (χ1) is 21.5. The molecule has 0 aliphatic heterocycles. The average molecular weight is 638 g/mol. The Bertz CT molecular complexity index is 1660. The molecule has 4 rings (SSSR count). The largest absolute Gasteiger partial charge is 0.493 e. The summed E-state index contributed by atoms with van der Waals surface area (Å²) in [6.45, 7) is 10.5. The first kappa shape index (κ1) is 33.6. The molecule has 2 heterocycles. The summed E-state index contributed by atoms with van der Waals surface area (Å²) in [4.78, 5) is 17.8. The number of hydrogen-bond donors (Lipinski definition) is 0. The topological polar surface area (TPSA) is 135 Å². The first-order valence-electron chi connectivity index (χ1n) is 14.4. The van der Waals surface area contributed by atoms with Gasteiger partial charge in [0.15, 0.2) is 29.4 Å². The molecule has 12 nitrogen and oxygen atoms in total. The molecule has 0 radical (unpaired) electrons. The molecule has 0 amide bonds. The summed E-state index contributed by atoms with van der Waals surface area (Å²) in [6.07, 6.45) is 2.34. The van der Waals surface area contributed by atoms with Crippen LogP contribution in [0, 0.1) is 0 Å². The number of methoxy groups -OCH3 is 1. The van der Waals surface area contributed by atoms with Crippen LogP contribution >= 0.6 is 0 Å². The van der Waals surface area contributed by atoms with E-state index in [0.29, 0.717) is 19.0 Å². The third-order valence-electron chi connectivity index (χ3n) is 6.60. The summed E-state index contributed by atoms with van der Waals surface area (Å²) >= 11 is 0. The molecule has 240 valence electrons. The molecule has 0 unspecified atom stereocenters. The van der Waals surface area contributed by atoms with Crippen molar-refractivity contribution in [2.75, 3.05) is 38.3 Å². The summed E-state index contributed by atoms with van der Waals surface area (Å²) in [6, 6.07) is 15.3. The Morgan fingerprint density at radius 3 is 2.04 bits per heavy atom. The number of ether oxygens (including phenoxy) is 5. The van der Waals surface area contributed by atoms with Crippen molar-refractivity contribution in [3.8, 4) is 34.8 Å². The monoisotopic (exact) mass is 637 g/mol. The quantitative estimate of drug-likeness (QED) is 0.159. The van der Waals surface area contributed by atoms with Crippen molar-refractivity contribution in [3.05, 3.63) is 72.6 Å². The molecular formula is C32H39N5O7S. The van der Waals surface area contributed by atoms with Crippen LogP contribution in [0.5, 0.6) is 23.1 Å². The van der Waals surface area contributed by atoms with E-state index in [1.807, 2.05) is 13.8 Å². The van der Waals surface area contributed by atoms with Gasteiger partial charge in [-0.25, -0.2) is 27.7 Å². The summed E-state index contributed by atoms with van der Waals surface area (Å²) in [5.74, 6) is 0.574. The van der Waals surface area contributed by atoms with Crippen molar-refractivity contribution in [1.82, 2.24) is 19.9 Å². The molecule has 0 fully saturated rings. The second-order valence-electron chi connectivity index (χ2n) is 10.7. The highest BCUT2D eigenvalue weighted by Gasteiger charge is 2.31. The fourth-order valence-electron chi connectivity index (χ4n) is 4.21. The molecule has 0 aliphatic carbocycles. The number of nitrogens with zero attached hydrogens (tertiary/aromatic N) is 5. The molecule has 0 N–H and O–H groups in total. The van der Waals surface area contributed by atoms with Gasteiger partial charge in [-0.15, -0.1) is 0 Å². The normalized spacial score (nSPS) is 11.8. The molecule has 0 spiro atoms. The Morgan fingerprint density at radius 2 is 1.47 bits per heavy atom. The maximum Gasteiger partial charge on any atom is 0.265 e. The molecule has 45 heavy (non-hydrogen) atoms. The molecule has 0 aliphatic rings. The maximum absolute atomic E-state index is 14.1. The van der Waals surface area contributed by atoms with Crippen LogP contribution in [0.25, 0.3) is 11.6 Å². The molecular weight excluding hydrogens is 598 g/mol. The zero-order valence-electron chi connectivity index (χ0n) is 26.6. The highest BCUT2D eigenvalue weighted by Crippen LogP contribution is 2.43. The van der Waals surface area contributed by atoms with E-state index >= 15 is 0 Å². The van der Waals surface area contributed by atoms with Crippen LogP contribution in [-0.2, 0) is 24.9 Å². The van der Waals surface area contributed by atoms with E-state index in [4.69, 9.17) is 23.7 Å². The van der Waals surface area contributed by atoms with E-state index in [9.17, 15) is 8.42 Å². The minimum atomic E-state index is -4.16. The Labute approximate surface area is 264 Å². The number of aromatic nitrogens is 4. The van der Waals surface area contributed by atoms with Gasteiger partial charge in [0, 0.05) is 32.7 Å². The van der Waals surface area contributed by atoms with Crippen molar-refractivity contribution < 1.29 is 32.1 Å². The van der Waals surface area contributed by atoms with Crippen molar-refractivity contribution in [1.29, 1.82) is 0 Å². The molecule has 2 aromatic heterocycles. The van der Waals surface area contributed by atoms with Crippen molar-refractivity contribution >= 4 is 15.8 Å². The van der Waals surface area contributed by atoms with Crippen LogP contribution in [0.2, 0.25) is 0 Å². The average Bonchev–Trinajstić information content (AvgIpc) is 3.04. The van der Waals surface area contributed by atoms with Gasteiger partial charge < -0.3 is 23.7 Å². The summed E-state index contributed by atoms with van der Waals surface area (Å²) in [5, 5.41) is 0. The van der Waals surface area contributed by atoms with Crippen LogP contribution in [0.1, 0.15) is 40.2 Å². The number of benzene rings is 2. The van der Waals surface area contributed by atoms with Crippen molar-refractivity contribution in [2.45, 2.75) is 51.2 Å². The zero-order chi connectivity index (χ0) is 32.6. The predicted octanol–water partition coefficient (Wildman–Crippen LogP) is 5.64. The van der Waals surface area contributed by atoms with Gasteiger partial charge in [-0.05, 0) is 55.2 Å². The van der Waals surface area contributed by atoms with Gasteiger partial charge in [-0.1, -0.05) is 45.0 Å². The molecule has 0 atom stereocenters. The van der Waals surface area contributed by atoms with Crippen LogP contribution in [-0.4, -0.2) is 68.6 Å². The third-order valence-corrected chi connectivity index (χ3v) is 8.36. The van der Waals surface area contributed by atoms with Crippen LogP contribution in [0.4, 0.5) is 5.82 Å². The number of rotatable bonds is 14. The van der Waals surface area contributed by atoms with Gasteiger partial charge in [0.25, 0.3) is 15.9 Å². The minimum Gasteiger partial charge on any atom is -0.493 e. The smallest absolute Gasteiger partial charge is 0.265 e. The molecule has 13 heteroatoms. The Balaban J connectivity index is 1.91. The van der Waals surface area contributed by atoms with Crippen LogP contribution in [0.15, 0.2) is 71.9 Å². The number of hydrogen-bond acceptors (Lipinski definition) is 11. The van der Waals surface area contributed by atoms with E-state index in [1.54, 1.807) is 54.6 Å². The Morgan fingerprint density at radius 1 is 0.844 bits per heavy atom. The summed E-state index contributed by atoms with van der Waals surface area (Å²) in [7, 11) is -1.28. The third kappa shape index (κ3) is 8.04. The van der Waals surface area contributed by atoms with Crippen molar-refractivity contribution in [3.63, 3.8) is 0 Å². The van der Waals surface area contributed by atoms with Crippen molar-refractivity contribution in [2.24, 2.45) is 0 Å². The lowest BCUT2D eigenvalue weighted by molar-refractivity contribution is -0.152. The lowest BCUT2D eigenvalue weighted by atomic mass is 9.87. The second kappa shape index (κ2) is 14.6. The molecule has 0 saturated heterocycles. The van der Waals surface area contributed by atoms with E-state index in [1.165, 1.54) is 26.6 Å². The Hall–Kier alpha value is -4.33. The molecule has 0 saturated carbocycles. The Kier molecular flexibility index (Phi) is 10.9. The maximum atomic E-state index is 14.1. The van der Waals surface area contributed by atoms with Gasteiger partial charge >= 0.3 is 0 Å². The van der Waals surface area contributed by atoms with Gasteiger partial charge in [-0.3, -0.25) is 0 Å². The predicted molar refractivity (Wildman–Crippen MR) is 169 cm³/mol. The van der Waals surface area contributed by atoms with Gasteiger partial charge in [0.1, 0.15) is 6.61 Å². The summed E-state index contributed by atoms with van der Waals surface area (Å²) < 4.78 is 58.4. The lowest BCUT2D eigenvalue weighted by Crippen LogP contribution is -2.29. The SMILES string of the molecule is CCOC(COc1nc(-c2ncccn2)nc(N(C)S(=O)(=O)c2ccc(C(C)(C)C)cc2)c1Oc1ccccc1OC)OCC. The van der Waals surface area contributed by atoms with E-state index in [2.05, 4.69) is 40.7 Å². The first-order valence-corrected chi connectivity index (χ1v) is 15.9. The number of sulfonamides is 1. The highest BCUT2D eigenvalue weighted by molar-refractivity contribution is 7.92. The standard InChI is InChI=1S/C32H39N5O7S/c1-8-41-26(42-9-2)21-43-31-27(44-25-14-11-10-13-24(25)40-7)30(35-29(36-31)28-33-19-12-20-34-28)37(6)45(38,39)23-17-15-22(16-18-23)32(3,4)5/h10-20,26H,8-9,21H2,1-7H3. The van der Waals surface area contributed by atoms with E-state index in [0.717, 1.165) is 9.87 Å². The number of anilines is 1. The van der Waals surface area contributed by atoms with E-state index < -0.39 is 16.3 Å². The zero-order valence-corrected chi connectivity index (χ0v) is 27.4. The number of para-hydroxylation sites is 2. The van der Waals surface area contributed by atoms with Crippen LogP contribution in [0.3, 0.4) is 0 Å². The molecule has 0 bridgehead atoms. The second-order valence-corrected chi connectivity index (χ2v) is 12.7. The van der Waals surface area contributed by atoms with Gasteiger partial charge in [-0.2, -0.15) is 4.98 Å². The fourth-order valence-corrected chi connectivity index (χ4v) is 5.36. The summed E-state index contributed by atoms with van der Waals surface area (Å²) in [5.41, 5.74) is 0.831. The van der Waals surface area contributed by atoms with Gasteiger partial charge in [0.2, 0.25) is 11.6 Å². The lowest BCUT2D eigenvalue weighted by Gasteiger charge is -2.24. The van der Waals surface area contributed by atoms with E-state index in [-0.39, 0.29) is 51.8 Å². The molecule has 4 aromatic rings. The minimum absolute atomic E-state index is 0.0162. The van der Waals surface area contributed by atoms with Crippen LogP contribution < -0.4 is 18.5 Å². The fraction of sp³-hybridized carbons (Fsp3) is 0.375. The van der Waals surface area contributed by atoms with Gasteiger partial charge in [0.05, 0.1) is 12.0 Å². The molecule has 2 aromatic carbocycles.